The fourth-order valence-corrected chi connectivity index (χ4v) is 2.21. The van der Waals surface area contributed by atoms with Crippen LogP contribution in [0.3, 0.4) is 0 Å². The molecule has 19 heavy (non-hydrogen) atoms. The van der Waals surface area contributed by atoms with Crippen molar-refractivity contribution in [1.82, 2.24) is 0 Å². The third-order valence-corrected chi connectivity index (χ3v) is 3.37. The fourth-order valence-electron chi connectivity index (χ4n) is 1.57. The first-order valence-electron chi connectivity index (χ1n) is 5.29. The largest absolute Gasteiger partial charge is 0.377 e. The molecular formula is C13H8Cl3F2N. The molecule has 0 radical (unpaired) electrons. The van der Waals surface area contributed by atoms with Crippen molar-refractivity contribution in [2.24, 2.45) is 0 Å². The minimum absolute atomic E-state index is 0.0270. The standard InChI is InChI=1S/C13H8Cl3F2N/c14-8-1-2-10(15)7(3-8)6-19-13-11(16)4-9(17)5-12(13)18/h1-5,19H,6H2. The van der Waals surface area contributed by atoms with Crippen LogP contribution in [0.15, 0.2) is 30.3 Å². The Balaban J connectivity index is 2.21. The van der Waals surface area contributed by atoms with Gasteiger partial charge in [0.05, 0.1) is 10.7 Å². The van der Waals surface area contributed by atoms with Crippen molar-refractivity contribution in [3.8, 4) is 0 Å². The van der Waals surface area contributed by atoms with E-state index in [1.165, 1.54) is 0 Å². The number of nitrogens with one attached hydrogen (secondary N) is 1. The predicted octanol–water partition coefficient (Wildman–Crippen LogP) is 5.54. The van der Waals surface area contributed by atoms with E-state index in [9.17, 15) is 8.78 Å². The van der Waals surface area contributed by atoms with E-state index in [4.69, 9.17) is 34.8 Å². The second kappa shape index (κ2) is 5.95. The molecule has 0 aromatic heterocycles. The Hall–Kier alpha value is -1.03. The van der Waals surface area contributed by atoms with Crippen LogP contribution < -0.4 is 5.32 Å². The van der Waals surface area contributed by atoms with Gasteiger partial charge in [0.25, 0.3) is 0 Å². The molecule has 0 amide bonds. The van der Waals surface area contributed by atoms with E-state index in [-0.39, 0.29) is 17.3 Å². The van der Waals surface area contributed by atoms with E-state index in [2.05, 4.69) is 5.32 Å². The average Bonchev–Trinajstić information content (AvgIpc) is 2.32. The van der Waals surface area contributed by atoms with Crippen molar-refractivity contribution in [3.63, 3.8) is 0 Å². The van der Waals surface area contributed by atoms with Gasteiger partial charge < -0.3 is 5.32 Å². The van der Waals surface area contributed by atoms with Gasteiger partial charge in [0, 0.05) is 22.7 Å². The lowest BCUT2D eigenvalue weighted by Gasteiger charge is -2.11. The zero-order valence-corrected chi connectivity index (χ0v) is 11.8. The van der Waals surface area contributed by atoms with Crippen LogP contribution >= 0.6 is 34.8 Å². The first-order chi connectivity index (χ1) is 8.97. The Morgan fingerprint density at radius 1 is 0.947 bits per heavy atom. The van der Waals surface area contributed by atoms with Gasteiger partial charge in [-0.3, -0.25) is 0 Å². The molecule has 2 rings (SSSR count). The number of rotatable bonds is 3. The summed E-state index contributed by atoms with van der Waals surface area (Å²) in [4.78, 5) is 0. The highest BCUT2D eigenvalue weighted by Crippen LogP contribution is 2.28. The summed E-state index contributed by atoms with van der Waals surface area (Å²) >= 11 is 17.6. The van der Waals surface area contributed by atoms with Gasteiger partial charge in [0.1, 0.15) is 5.82 Å². The maximum atomic E-state index is 13.5. The quantitative estimate of drug-likeness (QED) is 0.782. The molecule has 0 aliphatic carbocycles. The van der Waals surface area contributed by atoms with Crippen molar-refractivity contribution in [2.45, 2.75) is 6.54 Å². The monoisotopic (exact) mass is 321 g/mol. The van der Waals surface area contributed by atoms with Crippen LogP contribution in [-0.4, -0.2) is 0 Å². The van der Waals surface area contributed by atoms with Gasteiger partial charge in [-0.1, -0.05) is 34.8 Å². The molecule has 0 fully saturated rings. The highest BCUT2D eigenvalue weighted by molar-refractivity contribution is 6.34. The van der Waals surface area contributed by atoms with Crippen LogP contribution in [-0.2, 0) is 6.54 Å². The second-order valence-corrected chi connectivity index (χ2v) is 5.08. The molecule has 0 bridgehead atoms. The van der Waals surface area contributed by atoms with E-state index >= 15 is 0 Å². The van der Waals surface area contributed by atoms with Crippen LogP contribution in [0.1, 0.15) is 5.56 Å². The smallest absolute Gasteiger partial charge is 0.150 e. The molecular weight excluding hydrogens is 315 g/mol. The molecule has 0 heterocycles. The molecule has 6 heteroatoms. The van der Waals surface area contributed by atoms with Gasteiger partial charge in [-0.2, -0.15) is 0 Å². The normalized spacial score (nSPS) is 10.6. The maximum absolute atomic E-state index is 13.5. The lowest BCUT2D eigenvalue weighted by molar-refractivity contribution is 0.585. The fraction of sp³-hybridized carbons (Fsp3) is 0.0769. The van der Waals surface area contributed by atoms with Crippen molar-refractivity contribution in [2.75, 3.05) is 5.32 Å². The maximum Gasteiger partial charge on any atom is 0.150 e. The number of benzene rings is 2. The molecule has 0 saturated carbocycles. The molecule has 0 unspecified atom stereocenters. The third kappa shape index (κ3) is 3.50. The molecule has 0 spiro atoms. The van der Waals surface area contributed by atoms with Crippen molar-refractivity contribution >= 4 is 40.5 Å². The van der Waals surface area contributed by atoms with Gasteiger partial charge in [0.15, 0.2) is 5.82 Å². The van der Waals surface area contributed by atoms with Gasteiger partial charge in [-0.05, 0) is 29.8 Å². The van der Waals surface area contributed by atoms with Gasteiger partial charge >= 0.3 is 0 Å². The van der Waals surface area contributed by atoms with E-state index in [1.807, 2.05) is 0 Å². The highest BCUT2D eigenvalue weighted by Gasteiger charge is 2.10. The summed E-state index contributed by atoms with van der Waals surface area (Å²) in [5, 5.41) is 3.76. The Morgan fingerprint density at radius 3 is 2.37 bits per heavy atom. The average molecular weight is 323 g/mol. The number of halogens is 5. The SMILES string of the molecule is Fc1cc(F)c(NCc2cc(Cl)ccc2Cl)c(Cl)c1. The van der Waals surface area contributed by atoms with Crippen LogP contribution in [0, 0.1) is 11.6 Å². The lowest BCUT2D eigenvalue weighted by Crippen LogP contribution is -2.03. The summed E-state index contributed by atoms with van der Waals surface area (Å²) in [5.74, 6) is -1.49. The van der Waals surface area contributed by atoms with Crippen LogP contribution in [0.25, 0.3) is 0 Å². The van der Waals surface area contributed by atoms with Crippen molar-refractivity contribution in [3.05, 3.63) is 62.6 Å². The first kappa shape index (κ1) is 14.4. The first-order valence-corrected chi connectivity index (χ1v) is 6.43. The number of anilines is 1. The van der Waals surface area contributed by atoms with Crippen LogP contribution in [0.4, 0.5) is 14.5 Å². The summed E-state index contributed by atoms with van der Waals surface area (Å²) in [5.41, 5.74) is 0.716. The molecule has 2 aromatic rings. The van der Waals surface area contributed by atoms with Crippen molar-refractivity contribution < 1.29 is 8.78 Å². The van der Waals surface area contributed by atoms with Gasteiger partial charge in [-0.25, -0.2) is 8.78 Å². The molecule has 100 valence electrons. The zero-order chi connectivity index (χ0) is 14.0. The van der Waals surface area contributed by atoms with E-state index in [0.717, 1.165) is 12.1 Å². The molecule has 0 saturated heterocycles. The molecule has 2 aromatic carbocycles. The van der Waals surface area contributed by atoms with Gasteiger partial charge in [0.2, 0.25) is 0 Å². The second-order valence-electron chi connectivity index (χ2n) is 3.83. The predicted molar refractivity (Wildman–Crippen MR) is 75.2 cm³/mol. The minimum Gasteiger partial charge on any atom is -0.377 e. The molecule has 0 aliphatic heterocycles. The van der Waals surface area contributed by atoms with E-state index in [0.29, 0.717) is 15.6 Å². The summed E-state index contributed by atoms with van der Waals surface area (Å²) in [6.07, 6.45) is 0. The zero-order valence-electron chi connectivity index (χ0n) is 9.48. The molecule has 1 nitrogen and oxygen atoms in total. The molecule has 1 N–H and O–H groups in total. The Labute approximate surface area is 124 Å². The van der Waals surface area contributed by atoms with Crippen molar-refractivity contribution in [1.29, 1.82) is 0 Å². The van der Waals surface area contributed by atoms with Crippen LogP contribution in [0.2, 0.25) is 15.1 Å². The Kier molecular flexibility index (Phi) is 4.50. The molecule has 0 atom stereocenters. The Bertz CT molecular complexity index is 594. The summed E-state index contributed by atoms with van der Waals surface area (Å²) in [6.45, 7) is 0.224. The summed E-state index contributed by atoms with van der Waals surface area (Å²) in [6, 6.07) is 6.74. The number of hydrogen-bond acceptors (Lipinski definition) is 1. The minimum atomic E-state index is -0.761. The van der Waals surface area contributed by atoms with E-state index < -0.39 is 11.6 Å². The third-order valence-electron chi connectivity index (χ3n) is 2.47. The molecule has 0 aliphatic rings. The van der Waals surface area contributed by atoms with Gasteiger partial charge in [-0.15, -0.1) is 0 Å². The number of hydrogen-bond donors (Lipinski definition) is 1. The summed E-state index contributed by atoms with van der Waals surface area (Å²) < 4.78 is 26.4. The lowest BCUT2D eigenvalue weighted by atomic mass is 10.2. The van der Waals surface area contributed by atoms with E-state index in [1.54, 1.807) is 18.2 Å². The Morgan fingerprint density at radius 2 is 1.68 bits per heavy atom. The topological polar surface area (TPSA) is 12.0 Å². The highest BCUT2D eigenvalue weighted by atomic mass is 35.5. The summed E-state index contributed by atoms with van der Waals surface area (Å²) in [7, 11) is 0. The van der Waals surface area contributed by atoms with Crippen LogP contribution in [0.5, 0.6) is 0 Å².